The molecule has 14 heavy (non-hydrogen) atoms. The Labute approximate surface area is 90.7 Å². The summed E-state index contributed by atoms with van der Waals surface area (Å²) in [4.78, 5) is 0. The lowest BCUT2D eigenvalue weighted by atomic mass is 9.67. The van der Waals surface area contributed by atoms with Crippen LogP contribution in [0.4, 0.5) is 0 Å². The molecule has 0 aromatic carbocycles. The van der Waals surface area contributed by atoms with E-state index in [2.05, 4.69) is 33.0 Å². The van der Waals surface area contributed by atoms with Crippen molar-refractivity contribution in [3.63, 3.8) is 0 Å². The van der Waals surface area contributed by atoms with Crippen molar-refractivity contribution in [2.24, 2.45) is 11.8 Å². The van der Waals surface area contributed by atoms with E-state index in [1.54, 1.807) is 0 Å². The quantitative estimate of drug-likeness (QED) is 0.725. The molecule has 1 aliphatic rings. The van der Waals surface area contributed by atoms with Gasteiger partial charge in [0, 0.05) is 12.1 Å². The second-order valence-electron chi connectivity index (χ2n) is 4.49. The van der Waals surface area contributed by atoms with Crippen LogP contribution in [-0.4, -0.2) is 12.1 Å². The highest BCUT2D eigenvalue weighted by Gasteiger charge is 2.44. The molecule has 1 N–H and O–H groups in total. The first kappa shape index (κ1) is 14.0. The minimum atomic E-state index is 0.503. The zero-order valence-corrected chi connectivity index (χ0v) is 11.0. The number of rotatable bonds is 4. The van der Waals surface area contributed by atoms with Gasteiger partial charge in [0.25, 0.3) is 0 Å². The van der Waals surface area contributed by atoms with E-state index in [4.69, 9.17) is 0 Å². The molecule has 2 unspecified atom stereocenters. The summed E-state index contributed by atoms with van der Waals surface area (Å²) in [5.74, 6) is 1.76. The van der Waals surface area contributed by atoms with Gasteiger partial charge in [0.1, 0.15) is 0 Å². The molecular weight excluding hydrogens is 170 g/mol. The van der Waals surface area contributed by atoms with Crippen LogP contribution in [0.15, 0.2) is 0 Å². The molecule has 1 heteroatoms. The maximum Gasteiger partial charge on any atom is 0.0221 e. The van der Waals surface area contributed by atoms with E-state index in [0.29, 0.717) is 5.54 Å². The molecule has 1 nitrogen and oxygen atoms in total. The molecule has 0 aliphatic carbocycles. The molecule has 0 saturated carbocycles. The van der Waals surface area contributed by atoms with Gasteiger partial charge < -0.3 is 5.32 Å². The molecule has 0 aromatic rings. The minimum Gasteiger partial charge on any atom is -0.311 e. The van der Waals surface area contributed by atoms with Crippen molar-refractivity contribution in [3.8, 4) is 0 Å². The summed E-state index contributed by atoms with van der Waals surface area (Å²) in [7, 11) is 0. The molecule has 0 aromatic heterocycles. The Morgan fingerprint density at radius 3 is 2.07 bits per heavy atom. The molecular formula is C13H29N. The Bertz CT molecular complexity index is 138. The van der Waals surface area contributed by atoms with Gasteiger partial charge in [0.05, 0.1) is 0 Å². The average molecular weight is 199 g/mol. The van der Waals surface area contributed by atoms with E-state index < -0.39 is 0 Å². The second-order valence-corrected chi connectivity index (χ2v) is 4.49. The van der Waals surface area contributed by atoms with Gasteiger partial charge in [0.2, 0.25) is 0 Å². The van der Waals surface area contributed by atoms with Gasteiger partial charge in [0.15, 0.2) is 0 Å². The van der Waals surface area contributed by atoms with E-state index in [1.165, 1.54) is 25.8 Å². The zero-order chi connectivity index (χ0) is 11.2. The molecule has 0 bridgehead atoms. The highest BCUT2D eigenvalue weighted by atomic mass is 15.1. The van der Waals surface area contributed by atoms with Crippen molar-refractivity contribution in [3.05, 3.63) is 0 Å². The van der Waals surface area contributed by atoms with E-state index in [0.717, 1.165) is 11.8 Å². The van der Waals surface area contributed by atoms with E-state index in [1.807, 2.05) is 13.8 Å². The van der Waals surface area contributed by atoms with Gasteiger partial charge in [-0.25, -0.2) is 0 Å². The van der Waals surface area contributed by atoms with Crippen molar-refractivity contribution in [1.82, 2.24) is 5.32 Å². The maximum atomic E-state index is 3.64. The molecule has 0 amide bonds. The third-order valence-electron chi connectivity index (χ3n) is 3.52. The first-order valence-electron chi connectivity index (χ1n) is 6.41. The summed E-state index contributed by atoms with van der Waals surface area (Å²) in [6, 6.07) is 0. The predicted molar refractivity (Wildman–Crippen MR) is 65.6 cm³/mol. The van der Waals surface area contributed by atoms with Crippen molar-refractivity contribution >= 4 is 0 Å². The zero-order valence-electron chi connectivity index (χ0n) is 11.0. The van der Waals surface area contributed by atoms with Gasteiger partial charge >= 0.3 is 0 Å². The Morgan fingerprint density at radius 1 is 1.29 bits per heavy atom. The lowest BCUT2D eigenvalue weighted by molar-refractivity contribution is 0.0469. The first-order chi connectivity index (χ1) is 6.66. The topological polar surface area (TPSA) is 12.0 Å². The van der Waals surface area contributed by atoms with Gasteiger partial charge in [-0.2, -0.15) is 0 Å². The van der Waals surface area contributed by atoms with Crippen LogP contribution in [0.5, 0.6) is 0 Å². The van der Waals surface area contributed by atoms with Gasteiger partial charge in [-0.3, -0.25) is 0 Å². The smallest absolute Gasteiger partial charge is 0.0221 e. The third kappa shape index (κ3) is 2.73. The Kier molecular flexibility index (Phi) is 6.43. The molecule has 2 atom stereocenters. The number of nitrogens with one attached hydrogen (secondary N) is 1. The van der Waals surface area contributed by atoms with Crippen molar-refractivity contribution in [2.75, 3.05) is 6.54 Å². The number of hydrogen-bond donors (Lipinski definition) is 1. The summed E-state index contributed by atoms with van der Waals surface area (Å²) in [6.07, 6.45) is 3.96. The normalized spacial score (nSPS) is 30.6. The first-order valence-corrected chi connectivity index (χ1v) is 6.41. The maximum absolute atomic E-state index is 3.64. The summed E-state index contributed by atoms with van der Waals surface area (Å²) < 4.78 is 0. The molecule has 1 fully saturated rings. The van der Waals surface area contributed by atoms with E-state index in [-0.39, 0.29) is 0 Å². The fourth-order valence-corrected chi connectivity index (χ4v) is 2.67. The summed E-state index contributed by atoms with van der Waals surface area (Å²) >= 11 is 0. The fourth-order valence-electron chi connectivity index (χ4n) is 2.67. The van der Waals surface area contributed by atoms with E-state index in [9.17, 15) is 0 Å². The summed E-state index contributed by atoms with van der Waals surface area (Å²) in [5.41, 5.74) is 0.503. The highest BCUT2D eigenvalue weighted by molar-refractivity contribution is 5.03. The standard InChI is InChI=1S/C11H23N.C2H6/c1-5-7-11(6-2)10(8-12-11)9(3)4;1-2/h9-10,12H,5-8H2,1-4H3;1-2H3. The Balaban J connectivity index is 0.000000791. The minimum absolute atomic E-state index is 0.503. The van der Waals surface area contributed by atoms with Crippen LogP contribution in [-0.2, 0) is 0 Å². The lowest BCUT2D eigenvalue weighted by Gasteiger charge is -2.53. The van der Waals surface area contributed by atoms with Crippen molar-refractivity contribution in [1.29, 1.82) is 0 Å². The average Bonchev–Trinajstić information content (AvgIpc) is 2.14. The van der Waals surface area contributed by atoms with Crippen LogP contribution in [0.25, 0.3) is 0 Å². The number of hydrogen-bond acceptors (Lipinski definition) is 1. The van der Waals surface area contributed by atoms with Crippen LogP contribution in [0.2, 0.25) is 0 Å². The summed E-state index contributed by atoms with van der Waals surface area (Å²) in [6.45, 7) is 14.6. The monoisotopic (exact) mass is 199 g/mol. The molecule has 1 saturated heterocycles. The molecule has 86 valence electrons. The van der Waals surface area contributed by atoms with Crippen LogP contribution in [0, 0.1) is 11.8 Å². The Morgan fingerprint density at radius 2 is 1.86 bits per heavy atom. The van der Waals surface area contributed by atoms with Gasteiger partial charge in [-0.15, -0.1) is 0 Å². The molecule has 1 aliphatic heterocycles. The Hall–Kier alpha value is -0.0400. The molecule has 0 spiro atoms. The second kappa shape index (κ2) is 6.44. The van der Waals surface area contributed by atoms with E-state index >= 15 is 0 Å². The van der Waals surface area contributed by atoms with Crippen molar-refractivity contribution < 1.29 is 0 Å². The molecule has 1 heterocycles. The predicted octanol–water partition coefficient (Wildman–Crippen LogP) is 3.84. The van der Waals surface area contributed by atoms with Crippen LogP contribution in [0.3, 0.4) is 0 Å². The largest absolute Gasteiger partial charge is 0.311 e. The van der Waals surface area contributed by atoms with Crippen LogP contribution < -0.4 is 5.32 Å². The van der Waals surface area contributed by atoms with Gasteiger partial charge in [-0.05, 0) is 24.7 Å². The fraction of sp³-hybridized carbons (Fsp3) is 1.00. The van der Waals surface area contributed by atoms with Crippen molar-refractivity contribution in [2.45, 2.75) is 66.3 Å². The van der Waals surface area contributed by atoms with Crippen LogP contribution in [0.1, 0.15) is 60.8 Å². The lowest BCUT2D eigenvalue weighted by Crippen LogP contribution is -2.66. The summed E-state index contributed by atoms with van der Waals surface area (Å²) in [5, 5.41) is 3.64. The van der Waals surface area contributed by atoms with Crippen LogP contribution >= 0.6 is 0 Å². The SMILES string of the molecule is CC.CCCC1(CC)NCC1C(C)C. The highest BCUT2D eigenvalue weighted by Crippen LogP contribution is 2.38. The van der Waals surface area contributed by atoms with Gasteiger partial charge in [-0.1, -0.05) is 48.0 Å². The third-order valence-corrected chi connectivity index (χ3v) is 3.52. The molecule has 1 rings (SSSR count). The molecule has 0 radical (unpaired) electrons.